The summed E-state index contributed by atoms with van der Waals surface area (Å²) in [6.45, 7) is 28.5. The lowest BCUT2D eigenvalue weighted by molar-refractivity contribution is -0.144. The first kappa shape index (κ1) is 60.1. The third-order valence-corrected chi connectivity index (χ3v) is 10.3. The molecule has 57 heavy (non-hydrogen) atoms. The number of nitrogens with zero attached hydrogens (tertiary/aromatic N) is 2. The number of hydrogen-bond acceptors (Lipinski definition) is 8. The predicted octanol–water partition coefficient (Wildman–Crippen LogP) is 13.4. The van der Waals surface area contributed by atoms with Crippen molar-refractivity contribution in [2.45, 2.75) is 241 Å². The molecular weight excluding hydrogens is 713 g/mol. The highest BCUT2D eigenvalue weighted by molar-refractivity contribution is 5.69. The summed E-state index contributed by atoms with van der Waals surface area (Å²) in [4.78, 5) is 27.0. The lowest BCUT2D eigenvalue weighted by Crippen LogP contribution is -2.43. The van der Waals surface area contributed by atoms with Gasteiger partial charge in [-0.1, -0.05) is 150 Å². The number of ether oxygens (including phenoxy) is 4. The minimum atomic E-state index is -0.0676. The Kier molecular flexibility index (Phi) is 55.7. The normalized spacial score (nSPS) is 11.2. The minimum absolute atomic E-state index is 0.0676. The van der Waals surface area contributed by atoms with Gasteiger partial charge in [0, 0.05) is 58.1 Å². The molecule has 0 radical (unpaired) electrons. The van der Waals surface area contributed by atoms with Crippen LogP contribution in [0.4, 0.5) is 0 Å². The van der Waals surface area contributed by atoms with Gasteiger partial charge in [0.25, 0.3) is 6.47 Å². The summed E-state index contributed by atoms with van der Waals surface area (Å²) in [6.07, 6.45) is 32.5. The number of carbonyl (C=O) groups excluding carboxylic acids is 2. The Labute approximate surface area is 357 Å². The van der Waals surface area contributed by atoms with E-state index in [0.717, 1.165) is 84.7 Å². The standard InChI is InChI=1S/C30H62N2O3.C17H34O3.C2H6/c1-7-9-10-11-12-13-14-15-16-17-25-34-26-18-19-27-35-30(33)20-22-31(21-8-2)23-24-32(28(3)4)29(5)6;1-2-3-4-5-6-7-8-9-10-11-14-19-15-12-13-16-20-17-18;1-2/h28-29H,7-27H2,1-6H3;17H,2-16H2,1H3;1-2H3. The Bertz CT molecular complexity index is 745. The van der Waals surface area contributed by atoms with E-state index >= 15 is 0 Å². The highest BCUT2D eigenvalue weighted by Gasteiger charge is 2.15. The molecule has 0 aromatic heterocycles. The summed E-state index contributed by atoms with van der Waals surface area (Å²) < 4.78 is 21.4. The van der Waals surface area contributed by atoms with Crippen LogP contribution in [0.3, 0.4) is 0 Å². The fourth-order valence-corrected chi connectivity index (χ4v) is 6.86. The van der Waals surface area contributed by atoms with Crippen molar-refractivity contribution < 1.29 is 28.5 Å². The van der Waals surface area contributed by atoms with Crippen LogP contribution in [0.2, 0.25) is 0 Å². The Hall–Kier alpha value is -1.22. The van der Waals surface area contributed by atoms with Crippen molar-refractivity contribution in [3.8, 4) is 0 Å². The van der Waals surface area contributed by atoms with E-state index in [9.17, 15) is 9.59 Å². The van der Waals surface area contributed by atoms with E-state index < -0.39 is 0 Å². The second-order valence-corrected chi connectivity index (χ2v) is 16.2. The van der Waals surface area contributed by atoms with Gasteiger partial charge < -0.3 is 23.8 Å². The number of unbranched alkanes of at least 4 members (excludes halogenated alkanes) is 20. The molecule has 8 nitrogen and oxygen atoms in total. The first-order valence-corrected chi connectivity index (χ1v) is 24.7. The SMILES string of the molecule is CC.CCCCCCCCCCCCOCCCCOC(=O)CCN(CCC)CCN(C(C)C)C(C)C.CCCCCCCCCCCCOCCCCOC=O. The van der Waals surface area contributed by atoms with Crippen LogP contribution in [0.1, 0.15) is 229 Å². The van der Waals surface area contributed by atoms with Crippen molar-refractivity contribution in [1.29, 1.82) is 0 Å². The Morgan fingerprint density at radius 2 is 0.825 bits per heavy atom. The van der Waals surface area contributed by atoms with E-state index in [2.05, 4.69) is 63.0 Å². The van der Waals surface area contributed by atoms with Gasteiger partial charge in [-0.2, -0.15) is 0 Å². The summed E-state index contributed by atoms with van der Waals surface area (Å²) in [6, 6.07) is 1.09. The largest absolute Gasteiger partial charge is 0.468 e. The van der Waals surface area contributed by atoms with E-state index in [4.69, 9.17) is 14.2 Å². The van der Waals surface area contributed by atoms with Gasteiger partial charge in [-0.05, 0) is 79.2 Å². The van der Waals surface area contributed by atoms with Crippen LogP contribution in [-0.2, 0) is 28.5 Å². The van der Waals surface area contributed by atoms with Crippen LogP contribution in [0.15, 0.2) is 0 Å². The predicted molar refractivity (Wildman–Crippen MR) is 246 cm³/mol. The maximum absolute atomic E-state index is 12.2. The van der Waals surface area contributed by atoms with Crippen LogP contribution in [0, 0.1) is 0 Å². The van der Waals surface area contributed by atoms with Crippen LogP contribution in [0.25, 0.3) is 0 Å². The minimum Gasteiger partial charge on any atom is -0.468 e. The molecule has 0 aliphatic heterocycles. The van der Waals surface area contributed by atoms with Crippen molar-refractivity contribution in [3.63, 3.8) is 0 Å². The molecule has 0 aromatic carbocycles. The van der Waals surface area contributed by atoms with E-state index in [-0.39, 0.29) is 5.97 Å². The molecule has 0 fully saturated rings. The first-order valence-electron chi connectivity index (χ1n) is 24.7. The second-order valence-electron chi connectivity index (χ2n) is 16.2. The third-order valence-electron chi connectivity index (χ3n) is 10.3. The average Bonchev–Trinajstić information content (AvgIpc) is 3.20. The van der Waals surface area contributed by atoms with Gasteiger partial charge in [-0.3, -0.25) is 14.5 Å². The Morgan fingerprint density at radius 1 is 0.456 bits per heavy atom. The van der Waals surface area contributed by atoms with E-state index in [1.165, 1.54) is 128 Å². The van der Waals surface area contributed by atoms with Gasteiger partial charge in [0.15, 0.2) is 0 Å². The molecule has 0 atom stereocenters. The molecule has 0 rings (SSSR count). The second kappa shape index (κ2) is 52.8. The van der Waals surface area contributed by atoms with Crippen molar-refractivity contribution in [3.05, 3.63) is 0 Å². The van der Waals surface area contributed by atoms with Gasteiger partial charge in [0.05, 0.1) is 19.6 Å². The van der Waals surface area contributed by atoms with Gasteiger partial charge in [0.2, 0.25) is 0 Å². The molecule has 0 heterocycles. The zero-order valence-electron chi connectivity index (χ0n) is 40.0. The maximum Gasteiger partial charge on any atom is 0.307 e. The summed E-state index contributed by atoms with van der Waals surface area (Å²) in [5, 5.41) is 0. The molecule has 0 saturated carbocycles. The number of esters is 1. The number of carbonyl (C=O) groups is 2. The highest BCUT2D eigenvalue weighted by Crippen LogP contribution is 2.12. The molecule has 8 heteroatoms. The van der Waals surface area contributed by atoms with Crippen LogP contribution in [-0.4, -0.2) is 100 Å². The molecule has 0 N–H and O–H groups in total. The molecule has 0 aromatic rings. The smallest absolute Gasteiger partial charge is 0.307 e. The summed E-state index contributed by atoms with van der Waals surface area (Å²) in [7, 11) is 0. The molecule has 344 valence electrons. The Balaban J connectivity index is -0.00000112. The quantitative estimate of drug-likeness (QED) is 0.0342. The van der Waals surface area contributed by atoms with Crippen LogP contribution < -0.4 is 0 Å². The van der Waals surface area contributed by atoms with E-state index in [1.54, 1.807) is 0 Å². The van der Waals surface area contributed by atoms with Crippen molar-refractivity contribution in [1.82, 2.24) is 9.80 Å². The van der Waals surface area contributed by atoms with E-state index in [0.29, 0.717) is 38.2 Å². The van der Waals surface area contributed by atoms with Crippen molar-refractivity contribution in [2.75, 3.05) is 65.8 Å². The van der Waals surface area contributed by atoms with Crippen molar-refractivity contribution >= 4 is 12.4 Å². The van der Waals surface area contributed by atoms with Gasteiger partial charge >= 0.3 is 5.97 Å². The summed E-state index contributed by atoms with van der Waals surface area (Å²) in [5.74, 6) is -0.0676. The maximum atomic E-state index is 12.2. The molecule has 0 aliphatic carbocycles. The summed E-state index contributed by atoms with van der Waals surface area (Å²) >= 11 is 0. The molecular formula is C49H102N2O6. The van der Waals surface area contributed by atoms with Crippen LogP contribution >= 0.6 is 0 Å². The van der Waals surface area contributed by atoms with Crippen molar-refractivity contribution in [2.24, 2.45) is 0 Å². The van der Waals surface area contributed by atoms with Gasteiger partial charge in [-0.15, -0.1) is 0 Å². The average molecular weight is 815 g/mol. The molecule has 0 amide bonds. The lowest BCUT2D eigenvalue weighted by atomic mass is 10.1. The molecule has 0 spiro atoms. The van der Waals surface area contributed by atoms with Gasteiger partial charge in [0.1, 0.15) is 0 Å². The Morgan fingerprint density at radius 3 is 1.21 bits per heavy atom. The van der Waals surface area contributed by atoms with Gasteiger partial charge in [-0.25, -0.2) is 0 Å². The molecule has 0 saturated heterocycles. The fourth-order valence-electron chi connectivity index (χ4n) is 6.86. The summed E-state index contributed by atoms with van der Waals surface area (Å²) in [5.41, 5.74) is 0. The highest BCUT2D eigenvalue weighted by atomic mass is 16.5. The molecule has 0 unspecified atom stereocenters. The monoisotopic (exact) mass is 815 g/mol. The first-order chi connectivity index (χ1) is 27.8. The molecule has 0 aliphatic rings. The van der Waals surface area contributed by atoms with E-state index in [1.807, 2.05) is 13.8 Å². The van der Waals surface area contributed by atoms with Crippen LogP contribution in [0.5, 0.6) is 0 Å². The number of rotatable bonds is 43. The number of hydrogen-bond donors (Lipinski definition) is 0. The zero-order valence-corrected chi connectivity index (χ0v) is 40.0. The lowest BCUT2D eigenvalue weighted by Gasteiger charge is -2.33. The molecule has 0 bridgehead atoms. The topological polar surface area (TPSA) is 77.5 Å². The third kappa shape index (κ3) is 50.9. The fraction of sp³-hybridized carbons (Fsp3) is 0.959. The zero-order chi connectivity index (χ0) is 42.9.